The van der Waals surface area contributed by atoms with Gasteiger partial charge in [0.15, 0.2) is 11.5 Å². The highest BCUT2D eigenvalue weighted by molar-refractivity contribution is 5.81. The Labute approximate surface area is 163 Å². The molecule has 0 amide bonds. The van der Waals surface area contributed by atoms with Crippen LogP contribution in [0.1, 0.15) is 11.1 Å². The van der Waals surface area contributed by atoms with Crippen molar-refractivity contribution in [2.24, 2.45) is 5.10 Å². The molecule has 1 aliphatic heterocycles. The number of ether oxygens (including phenoxy) is 4. The molecule has 1 heterocycles. The van der Waals surface area contributed by atoms with Crippen molar-refractivity contribution in [1.82, 2.24) is 0 Å². The summed E-state index contributed by atoms with van der Waals surface area (Å²) in [5, 5.41) is 4.28. The van der Waals surface area contributed by atoms with E-state index >= 15 is 0 Å². The lowest BCUT2D eigenvalue weighted by atomic mass is 10.1. The third kappa shape index (κ3) is 4.17. The highest BCUT2D eigenvalue weighted by Crippen LogP contribution is 2.35. The molecule has 0 fully saturated rings. The summed E-state index contributed by atoms with van der Waals surface area (Å²) in [7, 11) is 1.64. The van der Waals surface area contributed by atoms with Crippen LogP contribution in [-0.4, -0.2) is 20.1 Å². The number of hydrogen-bond donors (Lipinski definition) is 1. The third-order valence-electron chi connectivity index (χ3n) is 4.22. The van der Waals surface area contributed by atoms with Gasteiger partial charge in [-0.2, -0.15) is 5.10 Å². The standard InChI is InChI=1S/C22H20N2O4/c1-25-20-9-7-16(13-23-24-18-5-3-2-4-6-18)11-17(20)14-26-19-8-10-21-22(12-19)28-15-27-21/h2-13,24H,14-15H2,1H3. The van der Waals surface area contributed by atoms with Gasteiger partial charge in [0.05, 0.1) is 19.0 Å². The number of benzene rings is 3. The van der Waals surface area contributed by atoms with Gasteiger partial charge < -0.3 is 18.9 Å². The summed E-state index contributed by atoms with van der Waals surface area (Å²) in [5.41, 5.74) is 5.79. The number of nitrogens with zero attached hydrogens (tertiary/aromatic N) is 1. The van der Waals surface area contributed by atoms with Crippen LogP contribution in [0, 0.1) is 0 Å². The first-order valence-electron chi connectivity index (χ1n) is 8.85. The summed E-state index contributed by atoms with van der Waals surface area (Å²) in [4.78, 5) is 0. The highest BCUT2D eigenvalue weighted by atomic mass is 16.7. The Morgan fingerprint density at radius 1 is 1.00 bits per heavy atom. The van der Waals surface area contributed by atoms with Crippen molar-refractivity contribution in [3.8, 4) is 23.0 Å². The van der Waals surface area contributed by atoms with Crippen LogP contribution in [0.3, 0.4) is 0 Å². The number of anilines is 1. The van der Waals surface area contributed by atoms with Crippen LogP contribution in [0.25, 0.3) is 0 Å². The quantitative estimate of drug-likeness (QED) is 0.488. The maximum absolute atomic E-state index is 5.91. The number of hydrazone groups is 1. The lowest BCUT2D eigenvalue weighted by Crippen LogP contribution is -2.00. The molecule has 142 valence electrons. The van der Waals surface area contributed by atoms with E-state index in [0.29, 0.717) is 18.1 Å². The molecule has 1 aliphatic rings. The van der Waals surface area contributed by atoms with E-state index < -0.39 is 0 Å². The topological polar surface area (TPSA) is 61.3 Å². The van der Waals surface area contributed by atoms with E-state index in [1.807, 2.05) is 66.7 Å². The molecule has 6 heteroatoms. The minimum atomic E-state index is 0.241. The van der Waals surface area contributed by atoms with Crippen molar-refractivity contribution < 1.29 is 18.9 Å². The second kappa shape index (κ2) is 8.35. The molecule has 0 aromatic heterocycles. The van der Waals surface area contributed by atoms with Crippen molar-refractivity contribution in [3.63, 3.8) is 0 Å². The monoisotopic (exact) mass is 376 g/mol. The molecule has 0 radical (unpaired) electrons. The van der Waals surface area contributed by atoms with Crippen molar-refractivity contribution in [3.05, 3.63) is 77.9 Å². The Morgan fingerprint density at radius 3 is 2.71 bits per heavy atom. The molecule has 0 unspecified atom stereocenters. The van der Waals surface area contributed by atoms with Crippen LogP contribution in [-0.2, 0) is 6.61 Å². The fourth-order valence-corrected chi connectivity index (χ4v) is 2.81. The van der Waals surface area contributed by atoms with Crippen LogP contribution >= 0.6 is 0 Å². The SMILES string of the molecule is COc1ccc(C=NNc2ccccc2)cc1COc1ccc2c(c1)OCO2. The van der Waals surface area contributed by atoms with Gasteiger partial charge in [-0.3, -0.25) is 5.43 Å². The molecular formula is C22H20N2O4. The van der Waals surface area contributed by atoms with Crippen molar-refractivity contribution in [1.29, 1.82) is 0 Å². The minimum Gasteiger partial charge on any atom is -0.496 e. The zero-order chi connectivity index (χ0) is 19.2. The zero-order valence-electron chi connectivity index (χ0n) is 15.4. The molecule has 28 heavy (non-hydrogen) atoms. The van der Waals surface area contributed by atoms with Crippen LogP contribution in [0.4, 0.5) is 5.69 Å². The van der Waals surface area contributed by atoms with Crippen molar-refractivity contribution in [2.75, 3.05) is 19.3 Å². The predicted octanol–water partition coefficient (Wildman–Crippen LogP) is 4.45. The van der Waals surface area contributed by atoms with E-state index in [4.69, 9.17) is 18.9 Å². The molecular weight excluding hydrogens is 356 g/mol. The first kappa shape index (κ1) is 17.7. The van der Waals surface area contributed by atoms with Crippen LogP contribution < -0.4 is 24.4 Å². The summed E-state index contributed by atoms with van der Waals surface area (Å²) in [5.74, 6) is 2.89. The number of hydrogen-bond acceptors (Lipinski definition) is 6. The Kier molecular flexibility index (Phi) is 5.29. The van der Waals surface area contributed by atoms with Crippen molar-refractivity contribution >= 4 is 11.9 Å². The van der Waals surface area contributed by atoms with Crippen molar-refractivity contribution in [2.45, 2.75) is 6.61 Å². The Hall–Kier alpha value is -3.67. The van der Waals surface area contributed by atoms with E-state index in [1.165, 1.54) is 0 Å². The number of methoxy groups -OCH3 is 1. The average molecular weight is 376 g/mol. The first-order valence-corrected chi connectivity index (χ1v) is 8.85. The maximum atomic E-state index is 5.91. The Morgan fingerprint density at radius 2 is 1.86 bits per heavy atom. The molecule has 0 aliphatic carbocycles. The number of rotatable bonds is 7. The van der Waals surface area contributed by atoms with Crippen LogP contribution in [0.2, 0.25) is 0 Å². The first-order chi connectivity index (χ1) is 13.8. The van der Waals surface area contributed by atoms with Gasteiger partial charge in [0.25, 0.3) is 0 Å². The van der Waals surface area contributed by atoms with Gasteiger partial charge in [0.2, 0.25) is 6.79 Å². The molecule has 1 N–H and O–H groups in total. The molecule has 6 nitrogen and oxygen atoms in total. The van der Waals surface area contributed by atoms with Gasteiger partial charge in [-0.25, -0.2) is 0 Å². The van der Waals surface area contributed by atoms with Gasteiger partial charge in [0, 0.05) is 11.6 Å². The second-order valence-corrected chi connectivity index (χ2v) is 6.11. The maximum Gasteiger partial charge on any atom is 0.231 e. The Bertz CT molecular complexity index is 974. The molecule has 4 rings (SSSR count). The van der Waals surface area contributed by atoms with Gasteiger partial charge in [-0.15, -0.1) is 0 Å². The van der Waals surface area contributed by atoms with E-state index in [-0.39, 0.29) is 6.79 Å². The van der Waals surface area contributed by atoms with Gasteiger partial charge >= 0.3 is 0 Å². The summed E-state index contributed by atoms with van der Waals surface area (Å²) >= 11 is 0. The molecule has 0 saturated heterocycles. The van der Waals surface area contributed by atoms with Gasteiger partial charge in [-0.05, 0) is 48.0 Å². The van der Waals surface area contributed by atoms with E-state index in [9.17, 15) is 0 Å². The summed E-state index contributed by atoms with van der Waals surface area (Å²) < 4.78 is 22.1. The van der Waals surface area contributed by atoms with E-state index in [2.05, 4.69) is 10.5 Å². The van der Waals surface area contributed by atoms with Crippen LogP contribution in [0.5, 0.6) is 23.0 Å². The van der Waals surface area contributed by atoms with Crippen LogP contribution in [0.15, 0.2) is 71.8 Å². The largest absolute Gasteiger partial charge is 0.496 e. The summed E-state index contributed by atoms with van der Waals surface area (Å²) in [6, 6.07) is 21.1. The smallest absolute Gasteiger partial charge is 0.231 e. The lowest BCUT2D eigenvalue weighted by Gasteiger charge is -2.11. The Balaban J connectivity index is 1.44. The highest BCUT2D eigenvalue weighted by Gasteiger charge is 2.14. The molecule has 3 aromatic rings. The zero-order valence-corrected chi connectivity index (χ0v) is 15.4. The number of nitrogens with one attached hydrogen (secondary N) is 1. The lowest BCUT2D eigenvalue weighted by molar-refractivity contribution is 0.173. The normalized spacial score (nSPS) is 12.2. The molecule has 3 aromatic carbocycles. The number of para-hydroxylation sites is 1. The molecule has 0 bridgehead atoms. The summed E-state index contributed by atoms with van der Waals surface area (Å²) in [6.45, 7) is 0.599. The average Bonchev–Trinajstić information content (AvgIpc) is 3.21. The summed E-state index contributed by atoms with van der Waals surface area (Å²) in [6.07, 6.45) is 1.76. The molecule has 0 spiro atoms. The fourth-order valence-electron chi connectivity index (χ4n) is 2.81. The minimum absolute atomic E-state index is 0.241. The molecule has 0 saturated carbocycles. The predicted molar refractivity (Wildman–Crippen MR) is 108 cm³/mol. The fraction of sp³-hybridized carbons (Fsp3) is 0.136. The third-order valence-corrected chi connectivity index (χ3v) is 4.22. The second-order valence-electron chi connectivity index (χ2n) is 6.11. The van der Waals surface area contributed by atoms with Gasteiger partial charge in [-0.1, -0.05) is 18.2 Å². The van der Waals surface area contributed by atoms with E-state index in [1.54, 1.807) is 13.3 Å². The molecule has 0 atom stereocenters. The number of fused-ring (bicyclic) bond motifs is 1. The van der Waals surface area contributed by atoms with Gasteiger partial charge in [0.1, 0.15) is 18.1 Å². The van der Waals surface area contributed by atoms with E-state index in [0.717, 1.165) is 28.3 Å².